The highest BCUT2D eigenvalue weighted by Crippen LogP contribution is 2.32. The number of aromatic nitrogens is 3. The van der Waals surface area contributed by atoms with Crippen LogP contribution in [0.25, 0.3) is 17.5 Å². The molecule has 0 saturated carbocycles. The van der Waals surface area contributed by atoms with Crippen LogP contribution in [0.5, 0.6) is 11.5 Å². The molecule has 1 N–H and O–H groups in total. The van der Waals surface area contributed by atoms with Gasteiger partial charge in [-0.1, -0.05) is 12.1 Å². The standard InChI is InChI=1S/C20H18N4O3/c25-20(7-5-15-4-6-18-19(13-15)27-14-26-18)22-10-12-24-11-8-17(23-24)16-3-1-2-9-21-16/h1-9,11,13H,10,12,14H2,(H,22,25)/b7-5+. The first kappa shape index (κ1) is 16.8. The van der Waals surface area contributed by atoms with E-state index in [1.165, 1.54) is 6.08 Å². The van der Waals surface area contributed by atoms with Crippen molar-refractivity contribution >= 4 is 12.0 Å². The van der Waals surface area contributed by atoms with Crippen LogP contribution in [-0.4, -0.2) is 34.0 Å². The van der Waals surface area contributed by atoms with Gasteiger partial charge in [-0.3, -0.25) is 14.5 Å². The molecule has 136 valence electrons. The molecule has 2 aromatic heterocycles. The first-order chi connectivity index (χ1) is 13.3. The monoisotopic (exact) mass is 362 g/mol. The SMILES string of the molecule is O=C(/C=C/c1ccc2c(c1)OCO2)NCCn1ccc(-c2ccccn2)n1. The molecular formula is C20H18N4O3. The Balaban J connectivity index is 1.27. The number of fused-ring (bicyclic) bond motifs is 1. The minimum absolute atomic E-state index is 0.162. The van der Waals surface area contributed by atoms with Crippen molar-refractivity contribution in [1.82, 2.24) is 20.1 Å². The topological polar surface area (TPSA) is 78.3 Å². The summed E-state index contributed by atoms with van der Waals surface area (Å²) in [6.45, 7) is 1.29. The number of benzene rings is 1. The molecule has 1 amide bonds. The summed E-state index contributed by atoms with van der Waals surface area (Å²) in [6.07, 6.45) is 6.85. The zero-order valence-electron chi connectivity index (χ0n) is 14.5. The van der Waals surface area contributed by atoms with E-state index in [1.807, 2.05) is 48.7 Å². The van der Waals surface area contributed by atoms with Crippen LogP contribution in [0, 0.1) is 0 Å². The van der Waals surface area contributed by atoms with Crippen LogP contribution in [0.3, 0.4) is 0 Å². The van der Waals surface area contributed by atoms with Gasteiger partial charge in [0.05, 0.1) is 12.2 Å². The predicted molar refractivity (Wildman–Crippen MR) is 100 cm³/mol. The molecule has 0 spiro atoms. The van der Waals surface area contributed by atoms with Crippen molar-refractivity contribution in [2.75, 3.05) is 13.3 Å². The normalized spacial score (nSPS) is 12.4. The molecule has 0 radical (unpaired) electrons. The Bertz CT molecular complexity index is 966. The van der Waals surface area contributed by atoms with Gasteiger partial charge in [0.25, 0.3) is 0 Å². The van der Waals surface area contributed by atoms with Gasteiger partial charge in [-0.25, -0.2) is 0 Å². The van der Waals surface area contributed by atoms with Gasteiger partial charge in [0.15, 0.2) is 11.5 Å². The molecule has 1 aromatic carbocycles. The molecule has 0 unspecified atom stereocenters. The van der Waals surface area contributed by atoms with Crippen molar-refractivity contribution in [3.63, 3.8) is 0 Å². The van der Waals surface area contributed by atoms with Crippen LogP contribution in [0.1, 0.15) is 5.56 Å². The summed E-state index contributed by atoms with van der Waals surface area (Å²) in [5, 5.41) is 7.31. The van der Waals surface area contributed by atoms with Gasteiger partial charge >= 0.3 is 0 Å². The molecule has 4 rings (SSSR count). The van der Waals surface area contributed by atoms with Crippen molar-refractivity contribution in [1.29, 1.82) is 0 Å². The number of carbonyl (C=O) groups excluding carboxylic acids is 1. The van der Waals surface area contributed by atoms with Crippen molar-refractivity contribution < 1.29 is 14.3 Å². The van der Waals surface area contributed by atoms with Crippen LogP contribution in [0.2, 0.25) is 0 Å². The lowest BCUT2D eigenvalue weighted by atomic mass is 10.2. The highest BCUT2D eigenvalue weighted by molar-refractivity contribution is 5.91. The van der Waals surface area contributed by atoms with Crippen LogP contribution < -0.4 is 14.8 Å². The number of nitrogens with zero attached hydrogens (tertiary/aromatic N) is 3. The number of hydrogen-bond donors (Lipinski definition) is 1. The lowest BCUT2D eigenvalue weighted by Gasteiger charge is -2.03. The minimum atomic E-state index is -0.162. The summed E-state index contributed by atoms with van der Waals surface area (Å²) >= 11 is 0. The second-order valence-electron chi connectivity index (χ2n) is 5.92. The van der Waals surface area contributed by atoms with Crippen molar-refractivity contribution in [3.05, 3.63) is 66.5 Å². The minimum Gasteiger partial charge on any atom is -0.454 e. The van der Waals surface area contributed by atoms with Gasteiger partial charge in [0, 0.05) is 25.0 Å². The van der Waals surface area contributed by atoms with Crippen LogP contribution in [0.15, 0.2) is 60.9 Å². The summed E-state index contributed by atoms with van der Waals surface area (Å²) in [5.41, 5.74) is 2.51. The smallest absolute Gasteiger partial charge is 0.244 e. The fraction of sp³-hybridized carbons (Fsp3) is 0.150. The lowest BCUT2D eigenvalue weighted by molar-refractivity contribution is -0.116. The number of nitrogens with one attached hydrogen (secondary N) is 1. The molecule has 1 aliphatic heterocycles. The molecule has 0 saturated heterocycles. The van der Waals surface area contributed by atoms with Crippen molar-refractivity contribution in [3.8, 4) is 22.9 Å². The average molecular weight is 362 g/mol. The number of carbonyl (C=O) groups is 1. The Kier molecular flexibility index (Phi) is 4.82. The molecule has 7 nitrogen and oxygen atoms in total. The average Bonchev–Trinajstić information content (AvgIpc) is 3.36. The zero-order valence-corrected chi connectivity index (χ0v) is 14.5. The number of amides is 1. The third-order valence-electron chi connectivity index (χ3n) is 4.03. The Morgan fingerprint density at radius 3 is 2.96 bits per heavy atom. The predicted octanol–water partition coefficient (Wildman–Crippen LogP) is 2.50. The van der Waals surface area contributed by atoms with Gasteiger partial charge in [-0.2, -0.15) is 5.10 Å². The molecular weight excluding hydrogens is 344 g/mol. The third-order valence-corrected chi connectivity index (χ3v) is 4.03. The third kappa shape index (κ3) is 4.14. The summed E-state index contributed by atoms with van der Waals surface area (Å²) in [6, 6.07) is 13.2. The second kappa shape index (κ2) is 7.74. The van der Waals surface area contributed by atoms with Gasteiger partial charge in [-0.05, 0) is 42.0 Å². The van der Waals surface area contributed by atoms with E-state index in [0.29, 0.717) is 18.8 Å². The van der Waals surface area contributed by atoms with Crippen molar-refractivity contribution in [2.45, 2.75) is 6.54 Å². The van der Waals surface area contributed by atoms with E-state index in [0.717, 1.165) is 22.7 Å². The number of pyridine rings is 1. The lowest BCUT2D eigenvalue weighted by Crippen LogP contribution is -2.25. The summed E-state index contributed by atoms with van der Waals surface area (Å²) in [7, 11) is 0. The van der Waals surface area contributed by atoms with Gasteiger partial charge < -0.3 is 14.8 Å². The maximum Gasteiger partial charge on any atom is 0.244 e. The maximum absolute atomic E-state index is 12.0. The van der Waals surface area contributed by atoms with Gasteiger partial charge in [0.2, 0.25) is 12.7 Å². The summed E-state index contributed by atoms with van der Waals surface area (Å²) in [4.78, 5) is 16.2. The molecule has 3 heterocycles. The Labute approximate surface area is 156 Å². The first-order valence-corrected chi connectivity index (χ1v) is 8.58. The van der Waals surface area contributed by atoms with Gasteiger partial charge in [0.1, 0.15) is 5.69 Å². The zero-order chi connectivity index (χ0) is 18.5. The largest absolute Gasteiger partial charge is 0.454 e. The molecule has 27 heavy (non-hydrogen) atoms. The van der Waals surface area contributed by atoms with E-state index in [-0.39, 0.29) is 12.7 Å². The Morgan fingerprint density at radius 2 is 2.07 bits per heavy atom. The quantitative estimate of drug-likeness (QED) is 0.682. The number of rotatable bonds is 6. The molecule has 0 aliphatic carbocycles. The highest BCUT2D eigenvalue weighted by atomic mass is 16.7. The summed E-state index contributed by atoms with van der Waals surface area (Å²) in [5.74, 6) is 1.26. The highest BCUT2D eigenvalue weighted by Gasteiger charge is 2.12. The number of hydrogen-bond acceptors (Lipinski definition) is 5. The van der Waals surface area contributed by atoms with E-state index in [1.54, 1.807) is 17.0 Å². The molecule has 7 heteroatoms. The fourth-order valence-corrected chi connectivity index (χ4v) is 2.68. The van der Waals surface area contributed by atoms with E-state index >= 15 is 0 Å². The van der Waals surface area contributed by atoms with E-state index in [9.17, 15) is 4.79 Å². The Morgan fingerprint density at radius 1 is 1.15 bits per heavy atom. The fourth-order valence-electron chi connectivity index (χ4n) is 2.68. The first-order valence-electron chi connectivity index (χ1n) is 8.58. The van der Waals surface area contributed by atoms with E-state index < -0.39 is 0 Å². The number of ether oxygens (including phenoxy) is 2. The van der Waals surface area contributed by atoms with E-state index in [2.05, 4.69) is 15.4 Å². The molecule has 0 bridgehead atoms. The van der Waals surface area contributed by atoms with Crippen LogP contribution in [-0.2, 0) is 11.3 Å². The molecule has 1 aliphatic rings. The second-order valence-corrected chi connectivity index (χ2v) is 5.92. The van der Waals surface area contributed by atoms with Crippen LogP contribution in [0.4, 0.5) is 0 Å². The van der Waals surface area contributed by atoms with Gasteiger partial charge in [-0.15, -0.1) is 0 Å². The summed E-state index contributed by atoms with van der Waals surface area (Å²) < 4.78 is 12.4. The van der Waals surface area contributed by atoms with Crippen molar-refractivity contribution in [2.24, 2.45) is 0 Å². The van der Waals surface area contributed by atoms with Crippen LogP contribution >= 0.6 is 0 Å². The molecule has 3 aromatic rings. The maximum atomic E-state index is 12.0. The Hall–Kier alpha value is -3.61. The molecule has 0 fully saturated rings. The van der Waals surface area contributed by atoms with E-state index in [4.69, 9.17) is 9.47 Å². The molecule has 0 atom stereocenters.